The van der Waals surface area contributed by atoms with Crippen molar-refractivity contribution in [3.63, 3.8) is 0 Å². The van der Waals surface area contributed by atoms with Gasteiger partial charge in [0.05, 0.1) is 17.9 Å². The third-order valence-corrected chi connectivity index (χ3v) is 4.92. The highest BCUT2D eigenvalue weighted by molar-refractivity contribution is 9.10. The Hall–Kier alpha value is -2.92. The topological polar surface area (TPSA) is 47.9 Å². The third-order valence-electron chi connectivity index (χ3n) is 4.40. The first-order valence-corrected chi connectivity index (χ1v) is 10.7. The van der Waals surface area contributed by atoms with Crippen LogP contribution >= 0.6 is 15.9 Å². The molecule has 0 radical (unpaired) electrons. The van der Waals surface area contributed by atoms with Gasteiger partial charge in [0.15, 0.2) is 0 Å². The van der Waals surface area contributed by atoms with Gasteiger partial charge in [-0.05, 0) is 78.2 Å². The zero-order valence-corrected chi connectivity index (χ0v) is 18.5. The fourth-order valence-corrected chi connectivity index (χ4v) is 2.89. The predicted molar refractivity (Wildman–Crippen MR) is 124 cm³/mol. The third kappa shape index (κ3) is 6.85. The van der Waals surface area contributed by atoms with Crippen LogP contribution in [-0.4, -0.2) is 18.8 Å². The second kappa shape index (κ2) is 11.3. The number of hydrogen-bond donors (Lipinski definition) is 0. The lowest BCUT2D eigenvalue weighted by atomic mass is 10.2. The number of rotatable bonds is 9. The van der Waals surface area contributed by atoms with Crippen molar-refractivity contribution in [2.45, 2.75) is 26.4 Å². The second-order valence-corrected chi connectivity index (χ2v) is 7.69. The SMILES string of the molecule is CCCCOC(=O)c1ccc(N=Cc2ccc(OCc3ccc(Br)cc3)cc2)cc1. The first kappa shape index (κ1) is 21.8. The van der Waals surface area contributed by atoms with Gasteiger partial charge in [-0.25, -0.2) is 4.79 Å². The summed E-state index contributed by atoms with van der Waals surface area (Å²) in [5, 5.41) is 0. The van der Waals surface area contributed by atoms with Gasteiger partial charge in [0.25, 0.3) is 0 Å². The molecule has 0 amide bonds. The summed E-state index contributed by atoms with van der Waals surface area (Å²) < 4.78 is 12.1. The number of carbonyl (C=O) groups excluding carboxylic acids is 1. The lowest BCUT2D eigenvalue weighted by Crippen LogP contribution is -2.05. The smallest absolute Gasteiger partial charge is 0.338 e. The molecule has 3 aromatic carbocycles. The summed E-state index contributed by atoms with van der Waals surface area (Å²) in [6.45, 7) is 3.04. The first-order chi connectivity index (χ1) is 14.6. The van der Waals surface area contributed by atoms with Gasteiger partial charge < -0.3 is 9.47 Å². The molecule has 0 bridgehead atoms. The first-order valence-electron chi connectivity index (χ1n) is 9.92. The van der Waals surface area contributed by atoms with E-state index in [9.17, 15) is 4.79 Å². The van der Waals surface area contributed by atoms with E-state index >= 15 is 0 Å². The molecule has 5 heteroatoms. The minimum atomic E-state index is -0.294. The zero-order chi connectivity index (χ0) is 21.2. The average Bonchev–Trinajstić information content (AvgIpc) is 2.78. The van der Waals surface area contributed by atoms with Crippen LogP contribution in [-0.2, 0) is 11.3 Å². The van der Waals surface area contributed by atoms with Gasteiger partial charge in [-0.15, -0.1) is 0 Å². The van der Waals surface area contributed by atoms with Gasteiger partial charge in [0, 0.05) is 10.7 Å². The summed E-state index contributed by atoms with van der Waals surface area (Å²) in [6.07, 6.45) is 3.66. The van der Waals surface area contributed by atoms with Crippen LogP contribution in [0.2, 0.25) is 0 Å². The molecule has 154 valence electrons. The van der Waals surface area contributed by atoms with E-state index in [0.29, 0.717) is 18.8 Å². The van der Waals surface area contributed by atoms with Crippen LogP contribution in [0.15, 0.2) is 82.3 Å². The molecule has 0 aromatic heterocycles. The van der Waals surface area contributed by atoms with Crippen molar-refractivity contribution >= 4 is 33.8 Å². The van der Waals surface area contributed by atoms with Gasteiger partial charge in [0.2, 0.25) is 0 Å². The van der Waals surface area contributed by atoms with E-state index in [2.05, 4.69) is 27.8 Å². The Morgan fingerprint density at radius 1 is 0.967 bits per heavy atom. The Morgan fingerprint density at radius 2 is 1.67 bits per heavy atom. The fourth-order valence-electron chi connectivity index (χ4n) is 2.62. The molecule has 30 heavy (non-hydrogen) atoms. The molecule has 0 aliphatic carbocycles. The summed E-state index contributed by atoms with van der Waals surface area (Å²) in [4.78, 5) is 16.4. The molecule has 3 rings (SSSR count). The molecule has 0 fully saturated rings. The monoisotopic (exact) mass is 465 g/mol. The van der Waals surface area contributed by atoms with E-state index in [1.54, 1.807) is 18.3 Å². The molecule has 0 spiro atoms. The molecule has 0 saturated heterocycles. The Morgan fingerprint density at radius 3 is 2.33 bits per heavy atom. The van der Waals surface area contributed by atoms with Crippen LogP contribution in [0.1, 0.15) is 41.3 Å². The highest BCUT2D eigenvalue weighted by Crippen LogP contribution is 2.17. The van der Waals surface area contributed by atoms with Crippen LogP contribution < -0.4 is 4.74 Å². The molecular weight excluding hydrogens is 442 g/mol. The van der Waals surface area contributed by atoms with Crippen LogP contribution in [0, 0.1) is 0 Å². The fraction of sp³-hybridized carbons (Fsp3) is 0.200. The maximum atomic E-state index is 11.9. The van der Waals surface area contributed by atoms with Crippen LogP contribution in [0.25, 0.3) is 0 Å². The molecule has 0 saturated carbocycles. The molecule has 0 aliphatic heterocycles. The predicted octanol–water partition coefficient (Wildman–Crippen LogP) is 6.74. The van der Waals surface area contributed by atoms with Crippen molar-refractivity contribution in [2.75, 3.05) is 6.61 Å². The summed E-state index contributed by atoms with van der Waals surface area (Å²) >= 11 is 3.43. The number of nitrogens with zero attached hydrogens (tertiary/aromatic N) is 1. The van der Waals surface area contributed by atoms with Gasteiger partial charge in [-0.2, -0.15) is 0 Å². The van der Waals surface area contributed by atoms with Crippen molar-refractivity contribution in [2.24, 2.45) is 4.99 Å². The summed E-state index contributed by atoms with van der Waals surface area (Å²) in [5.41, 5.74) is 3.39. The number of unbranched alkanes of at least 4 members (excludes halogenated alkanes) is 1. The lowest BCUT2D eigenvalue weighted by Gasteiger charge is -2.06. The summed E-state index contributed by atoms with van der Waals surface area (Å²) in [5.74, 6) is 0.513. The van der Waals surface area contributed by atoms with E-state index in [-0.39, 0.29) is 5.97 Å². The van der Waals surface area contributed by atoms with E-state index in [4.69, 9.17) is 9.47 Å². The Bertz CT molecular complexity index is 965. The molecule has 3 aromatic rings. The standard InChI is InChI=1S/C25H24BrNO3/c1-2-3-16-29-25(28)21-8-12-23(13-9-21)27-17-19-6-14-24(15-7-19)30-18-20-4-10-22(26)11-5-20/h4-15,17H,2-3,16,18H2,1H3. The molecule has 4 nitrogen and oxygen atoms in total. The van der Waals surface area contributed by atoms with E-state index in [1.807, 2.05) is 60.7 Å². The second-order valence-electron chi connectivity index (χ2n) is 6.78. The molecule has 0 unspecified atom stereocenters. The largest absolute Gasteiger partial charge is 0.489 e. The number of esters is 1. The molecular formula is C25H24BrNO3. The average molecular weight is 466 g/mol. The Labute approximate surface area is 185 Å². The van der Waals surface area contributed by atoms with Crippen molar-refractivity contribution in [3.05, 3.63) is 94.0 Å². The normalized spacial score (nSPS) is 10.9. The maximum absolute atomic E-state index is 11.9. The van der Waals surface area contributed by atoms with Crippen molar-refractivity contribution in [1.29, 1.82) is 0 Å². The van der Waals surface area contributed by atoms with Crippen molar-refractivity contribution in [3.8, 4) is 5.75 Å². The summed E-state index contributed by atoms with van der Waals surface area (Å²) in [7, 11) is 0. The number of benzene rings is 3. The zero-order valence-electron chi connectivity index (χ0n) is 16.9. The van der Waals surface area contributed by atoms with E-state index in [0.717, 1.165) is 39.9 Å². The summed E-state index contributed by atoms with van der Waals surface area (Å²) in [6, 6.07) is 22.9. The van der Waals surface area contributed by atoms with Crippen molar-refractivity contribution < 1.29 is 14.3 Å². The van der Waals surface area contributed by atoms with Gasteiger partial charge in [-0.1, -0.05) is 41.4 Å². The van der Waals surface area contributed by atoms with Gasteiger partial charge in [0.1, 0.15) is 12.4 Å². The number of carbonyl (C=O) groups is 1. The number of hydrogen-bond acceptors (Lipinski definition) is 4. The van der Waals surface area contributed by atoms with Crippen LogP contribution in [0.4, 0.5) is 5.69 Å². The van der Waals surface area contributed by atoms with Crippen LogP contribution in [0.5, 0.6) is 5.75 Å². The van der Waals surface area contributed by atoms with Crippen LogP contribution in [0.3, 0.4) is 0 Å². The Balaban J connectivity index is 1.52. The quantitative estimate of drug-likeness (QED) is 0.199. The molecule has 0 heterocycles. The number of halogens is 1. The highest BCUT2D eigenvalue weighted by atomic mass is 79.9. The Kier molecular flexibility index (Phi) is 8.21. The van der Waals surface area contributed by atoms with E-state index in [1.165, 1.54) is 0 Å². The molecule has 0 aliphatic rings. The lowest BCUT2D eigenvalue weighted by molar-refractivity contribution is 0.0500. The minimum absolute atomic E-state index is 0.294. The highest BCUT2D eigenvalue weighted by Gasteiger charge is 2.06. The van der Waals surface area contributed by atoms with Crippen molar-refractivity contribution in [1.82, 2.24) is 0 Å². The molecule has 0 N–H and O–H groups in total. The van der Waals surface area contributed by atoms with Gasteiger partial charge >= 0.3 is 5.97 Å². The van der Waals surface area contributed by atoms with E-state index < -0.39 is 0 Å². The molecule has 0 atom stereocenters. The minimum Gasteiger partial charge on any atom is -0.489 e. The number of ether oxygens (including phenoxy) is 2. The van der Waals surface area contributed by atoms with Gasteiger partial charge in [-0.3, -0.25) is 4.99 Å². The maximum Gasteiger partial charge on any atom is 0.338 e. The number of aliphatic imine (C=N–C) groups is 1.